The summed E-state index contributed by atoms with van der Waals surface area (Å²) in [6, 6.07) is 9.07. The van der Waals surface area contributed by atoms with E-state index in [1.54, 1.807) is 12.1 Å². The summed E-state index contributed by atoms with van der Waals surface area (Å²) in [5, 5.41) is 8.80. The summed E-state index contributed by atoms with van der Waals surface area (Å²) in [5.41, 5.74) is 0.806. The molecule has 0 radical (unpaired) electrons. The van der Waals surface area contributed by atoms with Crippen molar-refractivity contribution in [1.82, 2.24) is 0 Å². The van der Waals surface area contributed by atoms with Gasteiger partial charge < -0.3 is 5.11 Å². The van der Waals surface area contributed by atoms with Crippen LogP contribution in [0.4, 0.5) is 0 Å². The van der Waals surface area contributed by atoms with Gasteiger partial charge in [-0.3, -0.25) is 0 Å². The highest BCUT2D eigenvalue weighted by molar-refractivity contribution is 5.14. The minimum absolute atomic E-state index is 0.0494. The van der Waals surface area contributed by atoms with Crippen LogP contribution in [0.1, 0.15) is 8.30 Å². The van der Waals surface area contributed by atoms with Crippen LogP contribution in [0.5, 0.6) is 0 Å². The highest BCUT2D eigenvalue weighted by atomic mass is 16.2. The molecule has 0 atom stereocenters. The molecule has 0 saturated heterocycles. The molecule has 0 fully saturated rings. The second kappa shape index (κ2) is 3.25. The van der Waals surface area contributed by atoms with E-state index in [1.165, 1.54) is 0 Å². The second-order valence-electron chi connectivity index (χ2n) is 1.82. The fourth-order valence-corrected chi connectivity index (χ4v) is 0.687. The third kappa shape index (κ3) is 1.86. The molecule has 0 saturated carbocycles. The lowest BCUT2D eigenvalue weighted by molar-refractivity contribution is 0.299. The van der Waals surface area contributed by atoms with Crippen molar-refractivity contribution in [2.45, 2.75) is 6.42 Å². The van der Waals surface area contributed by atoms with Crippen molar-refractivity contribution < 1.29 is 7.85 Å². The number of aliphatic hydroxyl groups is 1. The summed E-state index contributed by atoms with van der Waals surface area (Å²) >= 11 is 0. The maximum atomic E-state index is 8.80. The summed E-state index contributed by atoms with van der Waals surface area (Å²) in [6.45, 7) is -2.10. The first kappa shape index (κ1) is 4.07. The van der Waals surface area contributed by atoms with Crippen LogP contribution in [0.3, 0.4) is 0 Å². The smallest absolute Gasteiger partial charge is 0.0567 e. The largest absolute Gasteiger partial charge is 0.396 e. The van der Waals surface area contributed by atoms with Gasteiger partial charge in [-0.05, 0) is 12.0 Å². The first-order valence-corrected chi connectivity index (χ1v) is 2.84. The molecule has 1 heteroatoms. The molecule has 0 spiro atoms. The lowest BCUT2D eigenvalue weighted by atomic mass is 10.2. The third-order valence-corrected chi connectivity index (χ3v) is 1.13. The fraction of sp³-hybridized carbons (Fsp3) is 0.250. The maximum Gasteiger partial charge on any atom is 0.0567 e. The third-order valence-electron chi connectivity index (χ3n) is 1.13. The topological polar surface area (TPSA) is 20.2 Å². The van der Waals surface area contributed by atoms with Crippen LogP contribution in [0.25, 0.3) is 0 Å². The Morgan fingerprint density at radius 3 is 2.56 bits per heavy atom. The van der Waals surface area contributed by atoms with Crippen LogP contribution in [-0.2, 0) is 6.42 Å². The maximum absolute atomic E-state index is 8.80. The van der Waals surface area contributed by atoms with Crippen molar-refractivity contribution in [2.75, 3.05) is 6.56 Å². The van der Waals surface area contributed by atoms with E-state index < -0.39 is 6.56 Å². The van der Waals surface area contributed by atoms with Gasteiger partial charge in [0.1, 0.15) is 0 Å². The summed E-state index contributed by atoms with van der Waals surface area (Å²) in [7, 11) is 0. The lowest BCUT2D eigenvalue weighted by Gasteiger charge is -1.93. The van der Waals surface area contributed by atoms with Gasteiger partial charge >= 0.3 is 0 Å². The molecule has 1 aromatic rings. The average Bonchev–Trinajstić information content (AvgIpc) is 1.85. The van der Waals surface area contributed by atoms with Crippen LogP contribution in [-0.4, -0.2) is 11.7 Å². The zero-order valence-electron chi connectivity index (χ0n) is 7.04. The first-order chi connectivity index (χ1) is 5.08. The second-order valence-corrected chi connectivity index (χ2v) is 1.82. The van der Waals surface area contributed by atoms with Crippen molar-refractivity contribution in [3.05, 3.63) is 35.9 Å². The molecule has 48 valence electrons. The monoisotopic (exact) mass is 124 g/mol. The molecular weight excluding hydrogens is 112 g/mol. The molecule has 0 heterocycles. The summed E-state index contributed by atoms with van der Waals surface area (Å²) in [6.07, 6.45) is 0.0494. The highest BCUT2D eigenvalue weighted by Gasteiger charge is 1.85. The van der Waals surface area contributed by atoms with Gasteiger partial charge in [0.15, 0.2) is 0 Å². The number of benzene rings is 1. The molecule has 0 bridgehead atoms. The molecule has 9 heavy (non-hydrogen) atoms. The van der Waals surface area contributed by atoms with E-state index in [-0.39, 0.29) is 6.42 Å². The predicted octanol–water partition coefficient (Wildman–Crippen LogP) is 1.22. The number of hydrogen-bond donors (Lipinski definition) is 1. The summed E-state index contributed by atoms with van der Waals surface area (Å²) < 4.78 is 13.8. The quantitative estimate of drug-likeness (QED) is 0.628. The normalized spacial score (nSPS) is 14.3. The lowest BCUT2D eigenvalue weighted by Crippen LogP contribution is -1.88. The van der Waals surface area contributed by atoms with E-state index in [0.717, 1.165) is 5.56 Å². The van der Waals surface area contributed by atoms with Crippen LogP contribution in [0.2, 0.25) is 0 Å². The fourth-order valence-electron chi connectivity index (χ4n) is 0.687. The number of hydrogen-bond acceptors (Lipinski definition) is 1. The SMILES string of the molecule is [2H]C([2H])(O)Cc1ccccc1. The van der Waals surface area contributed by atoms with Gasteiger partial charge in [-0.2, -0.15) is 0 Å². The molecule has 0 aromatic heterocycles. The zero-order valence-corrected chi connectivity index (χ0v) is 5.04. The van der Waals surface area contributed by atoms with E-state index in [2.05, 4.69) is 0 Å². The van der Waals surface area contributed by atoms with E-state index in [0.29, 0.717) is 0 Å². The summed E-state index contributed by atoms with van der Waals surface area (Å²) in [4.78, 5) is 0. The minimum Gasteiger partial charge on any atom is -0.396 e. The standard InChI is InChI=1S/C8H10O/c9-7-6-8-4-2-1-3-5-8/h1-5,9H,6-7H2/i7D2. The van der Waals surface area contributed by atoms with Gasteiger partial charge in [0.05, 0.1) is 2.74 Å². The Labute approximate surface area is 57.8 Å². The van der Waals surface area contributed by atoms with E-state index in [4.69, 9.17) is 7.85 Å². The van der Waals surface area contributed by atoms with E-state index in [9.17, 15) is 0 Å². The van der Waals surface area contributed by atoms with Crippen molar-refractivity contribution in [2.24, 2.45) is 0 Å². The van der Waals surface area contributed by atoms with Gasteiger partial charge in [-0.1, -0.05) is 30.3 Å². The van der Waals surface area contributed by atoms with Gasteiger partial charge in [0.25, 0.3) is 0 Å². The van der Waals surface area contributed by atoms with Gasteiger partial charge in [-0.25, -0.2) is 0 Å². The highest BCUT2D eigenvalue weighted by Crippen LogP contribution is 1.97. The summed E-state index contributed by atoms with van der Waals surface area (Å²) in [5.74, 6) is 0. The van der Waals surface area contributed by atoms with Crippen LogP contribution in [0.15, 0.2) is 30.3 Å². The van der Waals surface area contributed by atoms with Crippen molar-refractivity contribution >= 4 is 0 Å². The molecule has 0 aliphatic carbocycles. The number of aryl methyl sites for hydroxylation is 1. The average molecular weight is 124 g/mol. The Bertz CT molecular complexity index is 215. The van der Waals surface area contributed by atoms with Gasteiger partial charge in [0, 0.05) is 6.56 Å². The molecule has 0 amide bonds. The molecule has 0 aliphatic heterocycles. The van der Waals surface area contributed by atoms with E-state index >= 15 is 0 Å². The van der Waals surface area contributed by atoms with E-state index in [1.807, 2.05) is 18.2 Å². The van der Waals surface area contributed by atoms with Crippen LogP contribution < -0.4 is 0 Å². The molecule has 0 aliphatic rings. The Morgan fingerprint density at radius 1 is 1.33 bits per heavy atom. The first-order valence-electron chi connectivity index (χ1n) is 3.84. The predicted molar refractivity (Wildman–Crippen MR) is 37.2 cm³/mol. The Balaban J connectivity index is 2.66. The Hall–Kier alpha value is -0.820. The van der Waals surface area contributed by atoms with Crippen LogP contribution >= 0.6 is 0 Å². The zero-order chi connectivity index (χ0) is 8.32. The Kier molecular flexibility index (Phi) is 1.47. The molecular formula is C8H10O. The number of rotatable bonds is 2. The van der Waals surface area contributed by atoms with Crippen LogP contribution in [0, 0.1) is 0 Å². The Morgan fingerprint density at radius 2 is 2.00 bits per heavy atom. The van der Waals surface area contributed by atoms with Gasteiger partial charge in [-0.15, -0.1) is 0 Å². The van der Waals surface area contributed by atoms with Gasteiger partial charge in [0.2, 0.25) is 0 Å². The molecule has 0 unspecified atom stereocenters. The molecule has 1 nitrogen and oxygen atoms in total. The molecule has 1 rings (SSSR count). The molecule has 1 N–H and O–H groups in total. The van der Waals surface area contributed by atoms with Crippen molar-refractivity contribution in [3.8, 4) is 0 Å². The minimum atomic E-state index is -2.10. The molecule has 1 aromatic carbocycles. The van der Waals surface area contributed by atoms with Crippen molar-refractivity contribution in [3.63, 3.8) is 0 Å². The van der Waals surface area contributed by atoms with Crippen molar-refractivity contribution in [1.29, 1.82) is 0 Å².